The van der Waals surface area contributed by atoms with Gasteiger partial charge in [-0.3, -0.25) is 4.79 Å². The minimum absolute atomic E-state index is 0.175. The lowest BCUT2D eigenvalue weighted by atomic mass is 9.68. The summed E-state index contributed by atoms with van der Waals surface area (Å²) in [6.45, 7) is 6.77. The van der Waals surface area contributed by atoms with E-state index in [0.717, 1.165) is 45.2 Å². The molecule has 0 aromatic rings. The van der Waals surface area contributed by atoms with E-state index in [1.807, 2.05) is 0 Å². The molecular weight excluding hydrogens is 226 g/mol. The number of amides is 1. The van der Waals surface area contributed by atoms with Crippen LogP contribution in [0.25, 0.3) is 0 Å². The van der Waals surface area contributed by atoms with Crippen LogP contribution in [0.2, 0.25) is 0 Å². The molecule has 0 aromatic heterocycles. The fourth-order valence-corrected chi connectivity index (χ4v) is 2.26. The van der Waals surface area contributed by atoms with E-state index < -0.39 is 0 Å². The zero-order valence-corrected chi connectivity index (χ0v) is 12.2. The molecule has 0 aliphatic heterocycles. The summed E-state index contributed by atoms with van der Waals surface area (Å²) in [6.07, 6.45) is 5.24. The maximum atomic E-state index is 12.0. The monoisotopic (exact) mass is 255 g/mol. The van der Waals surface area contributed by atoms with Crippen molar-refractivity contribution in [1.29, 1.82) is 0 Å². The van der Waals surface area contributed by atoms with Crippen LogP contribution in [-0.2, 0) is 4.79 Å². The van der Waals surface area contributed by atoms with Crippen molar-refractivity contribution in [3.63, 3.8) is 0 Å². The molecule has 0 atom stereocenters. The van der Waals surface area contributed by atoms with Gasteiger partial charge in [-0.25, -0.2) is 0 Å². The molecule has 1 fully saturated rings. The molecule has 0 heterocycles. The van der Waals surface area contributed by atoms with E-state index in [9.17, 15) is 4.79 Å². The Balaban J connectivity index is 2.09. The molecule has 106 valence electrons. The first-order valence-electron chi connectivity index (χ1n) is 7.20. The van der Waals surface area contributed by atoms with Gasteiger partial charge in [-0.05, 0) is 53.1 Å². The van der Waals surface area contributed by atoms with Gasteiger partial charge >= 0.3 is 0 Å². The predicted octanol–water partition coefficient (Wildman–Crippen LogP) is 1.35. The van der Waals surface area contributed by atoms with Crippen LogP contribution in [0.4, 0.5) is 0 Å². The van der Waals surface area contributed by atoms with Crippen molar-refractivity contribution in [2.45, 2.75) is 52.0 Å². The molecule has 4 heteroatoms. The molecule has 0 unspecified atom stereocenters. The summed E-state index contributed by atoms with van der Waals surface area (Å²) in [5.41, 5.74) is 5.48. The molecule has 3 N–H and O–H groups in total. The van der Waals surface area contributed by atoms with Crippen molar-refractivity contribution >= 4 is 5.91 Å². The molecule has 1 rings (SSSR count). The smallest absolute Gasteiger partial charge is 0.227 e. The minimum Gasteiger partial charge on any atom is -0.356 e. The first-order chi connectivity index (χ1) is 8.52. The number of nitrogens with one attached hydrogen (secondary N) is 1. The molecule has 0 radical (unpaired) electrons. The van der Waals surface area contributed by atoms with E-state index in [4.69, 9.17) is 5.73 Å². The van der Waals surface area contributed by atoms with Crippen LogP contribution in [0.3, 0.4) is 0 Å². The molecule has 0 saturated heterocycles. The highest BCUT2D eigenvalue weighted by Gasteiger charge is 2.42. The maximum Gasteiger partial charge on any atom is 0.227 e. The summed E-state index contributed by atoms with van der Waals surface area (Å²) in [5.74, 6) is 0.175. The van der Waals surface area contributed by atoms with E-state index in [-0.39, 0.29) is 11.3 Å². The van der Waals surface area contributed by atoms with Crippen molar-refractivity contribution < 1.29 is 4.79 Å². The molecule has 1 aliphatic carbocycles. The van der Waals surface area contributed by atoms with Gasteiger partial charge in [0.05, 0.1) is 5.41 Å². The quantitative estimate of drug-likeness (QED) is 0.644. The lowest BCUT2D eigenvalue weighted by molar-refractivity contribution is -0.135. The van der Waals surface area contributed by atoms with Crippen LogP contribution in [0, 0.1) is 5.41 Å². The van der Waals surface area contributed by atoms with Gasteiger partial charge in [0.15, 0.2) is 0 Å². The third kappa shape index (κ3) is 3.95. The highest BCUT2D eigenvalue weighted by Crippen LogP contribution is 2.39. The number of hydrogen-bond acceptors (Lipinski definition) is 3. The zero-order valence-electron chi connectivity index (χ0n) is 12.2. The average Bonchev–Trinajstić information content (AvgIpc) is 2.27. The fourth-order valence-electron chi connectivity index (χ4n) is 2.26. The zero-order chi connectivity index (χ0) is 13.6. The highest BCUT2D eigenvalue weighted by molar-refractivity contribution is 5.83. The van der Waals surface area contributed by atoms with Crippen molar-refractivity contribution in [2.75, 3.05) is 26.7 Å². The molecule has 1 saturated carbocycles. The van der Waals surface area contributed by atoms with Gasteiger partial charge < -0.3 is 16.0 Å². The molecule has 1 amide bonds. The Morgan fingerprint density at radius 3 is 2.50 bits per heavy atom. The Morgan fingerprint density at radius 2 is 2.06 bits per heavy atom. The van der Waals surface area contributed by atoms with Crippen LogP contribution in [-0.4, -0.2) is 43.5 Å². The minimum atomic E-state index is -0.227. The van der Waals surface area contributed by atoms with Crippen molar-refractivity contribution in [3.8, 4) is 0 Å². The van der Waals surface area contributed by atoms with Gasteiger partial charge in [0.2, 0.25) is 5.91 Å². The van der Waals surface area contributed by atoms with Crippen LogP contribution in [0.5, 0.6) is 0 Å². The molecule has 4 nitrogen and oxygen atoms in total. The van der Waals surface area contributed by atoms with Gasteiger partial charge in [0, 0.05) is 19.1 Å². The maximum absolute atomic E-state index is 12.0. The fraction of sp³-hybridized carbons (Fsp3) is 0.929. The number of nitrogens with zero attached hydrogens (tertiary/aromatic N) is 1. The first kappa shape index (κ1) is 15.4. The van der Waals surface area contributed by atoms with E-state index in [1.165, 1.54) is 0 Å². The van der Waals surface area contributed by atoms with Gasteiger partial charge in [0.25, 0.3) is 0 Å². The second kappa shape index (κ2) is 7.10. The van der Waals surface area contributed by atoms with Gasteiger partial charge in [-0.2, -0.15) is 0 Å². The Hall–Kier alpha value is -0.610. The van der Waals surface area contributed by atoms with Crippen LogP contribution in [0.1, 0.15) is 46.0 Å². The summed E-state index contributed by atoms with van der Waals surface area (Å²) in [4.78, 5) is 14.3. The Bertz CT molecular complexity index is 256. The third-order valence-electron chi connectivity index (χ3n) is 4.29. The Kier molecular flexibility index (Phi) is 6.09. The number of hydrogen-bond donors (Lipinski definition) is 2. The Morgan fingerprint density at radius 1 is 1.39 bits per heavy atom. The second-order valence-corrected chi connectivity index (χ2v) is 5.88. The number of carbonyl (C=O) groups is 1. The third-order valence-corrected chi connectivity index (χ3v) is 4.29. The molecule has 0 spiro atoms. The van der Waals surface area contributed by atoms with E-state index >= 15 is 0 Å². The van der Waals surface area contributed by atoms with Gasteiger partial charge in [-0.1, -0.05) is 6.42 Å². The average molecular weight is 255 g/mol. The summed E-state index contributed by atoms with van der Waals surface area (Å²) in [5, 5.41) is 3.04. The molecule has 0 aromatic carbocycles. The van der Waals surface area contributed by atoms with Crippen LogP contribution in [0.15, 0.2) is 0 Å². The SMILES string of the molecule is CC(C)N(C)CCCCNC(=O)C1(CN)CCC1. The lowest BCUT2D eigenvalue weighted by Crippen LogP contribution is -2.50. The number of carbonyl (C=O) groups excluding carboxylic acids is 1. The highest BCUT2D eigenvalue weighted by atomic mass is 16.2. The second-order valence-electron chi connectivity index (χ2n) is 5.88. The summed E-state index contributed by atoms with van der Waals surface area (Å²) < 4.78 is 0. The molecule has 18 heavy (non-hydrogen) atoms. The molecule has 1 aliphatic rings. The standard InChI is InChI=1S/C14H29N3O/c1-12(2)17(3)10-5-4-9-16-13(18)14(11-15)7-6-8-14/h12H,4-11,15H2,1-3H3,(H,16,18). The normalized spacial score (nSPS) is 17.9. The van der Waals surface area contributed by atoms with E-state index in [1.54, 1.807) is 0 Å². The summed E-state index contributed by atoms with van der Waals surface area (Å²) in [6, 6.07) is 0.593. The number of unbranched alkanes of at least 4 members (excludes halogenated alkanes) is 1. The van der Waals surface area contributed by atoms with E-state index in [0.29, 0.717) is 12.6 Å². The Labute approximate surface area is 111 Å². The van der Waals surface area contributed by atoms with Gasteiger partial charge in [0.1, 0.15) is 0 Å². The first-order valence-corrected chi connectivity index (χ1v) is 7.20. The lowest BCUT2D eigenvalue weighted by Gasteiger charge is -2.39. The predicted molar refractivity (Wildman–Crippen MR) is 75.3 cm³/mol. The topological polar surface area (TPSA) is 58.4 Å². The molecule has 0 bridgehead atoms. The van der Waals surface area contributed by atoms with Crippen molar-refractivity contribution in [2.24, 2.45) is 11.1 Å². The number of nitrogens with two attached hydrogens (primary N) is 1. The van der Waals surface area contributed by atoms with Crippen LogP contribution < -0.4 is 11.1 Å². The largest absolute Gasteiger partial charge is 0.356 e. The van der Waals surface area contributed by atoms with E-state index in [2.05, 4.69) is 31.1 Å². The van der Waals surface area contributed by atoms with Crippen molar-refractivity contribution in [3.05, 3.63) is 0 Å². The van der Waals surface area contributed by atoms with Crippen molar-refractivity contribution in [1.82, 2.24) is 10.2 Å². The molecular formula is C14H29N3O. The summed E-state index contributed by atoms with van der Waals surface area (Å²) >= 11 is 0. The summed E-state index contributed by atoms with van der Waals surface area (Å²) in [7, 11) is 2.14. The number of rotatable bonds is 8. The van der Waals surface area contributed by atoms with Gasteiger partial charge in [-0.15, -0.1) is 0 Å². The van der Waals surface area contributed by atoms with Crippen LogP contribution >= 0.6 is 0 Å².